The van der Waals surface area contributed by atoms with Gasteiger partial charge in [0.15, 0.2) is 6.79 Å². The van der Waals surface area contributed by atoms with Crippen molar-refractivity contribution in [3.8, 4) is 5.75 Å². The van der Waals surface area contributed by atoms with E-state index in [1.54, 1.807) is 0 Å². The molecule has 1 atom stereocenters. The van der Waals surface area contributed by atoms with Crippen LogP contribution in [0.4, 0.5) is 0 Å². The van der Waals surface area contributed by atoms with E-state index in [4.69, 9.17) is 9.47 Å². The molecule has 96 valence electrons. The van der Waals surface area contributed by atoms with Gasteiger partial charge in [-0.3, -0.25) is 0 Å². The number of hydrogen-bond acceptors (Lipinski definition) is 3. The van der Waals surface area contributed by atoms with Crippen molar-refractivity contribution >= 4 is 0 Å². The van der Waals surface area contributed by atoms with Crippen molar-refractivity contribution in [2.45, 2.75) is 33.2 Å². The lowest BCUT2D eigenvalue weighted by molar-refractivity contribution is 0.0224. The van der Waals surface area contributed by atoms with Gasteiger partial charge in [0.2, 0.25) is 0 Å². The Kier molecular flexibility index (Phi) is 6.67. The third kappa shape index (κ3) is 5.20. The summed E-state index contributed by atoms with van der Waals surface area (Å²) in [5, 5.41) is 3.45. The van der Waals surface area contributed by atoms with Crippen LogP contribution in [0.5, 0.6) is 5.75 Å². The van der Waals surface area contributed by atoms with Crippen LogP contribution >= 0.6 is 0 Å². The standard InChI is InChI=1S/C14H23NO2/c1-4-10-15-12(3)13-6-8-14(9-7-13)17-11-16-5-2/h6-9,12,15H,4-5,10-11H2,1-3H3. The highest BCUT2D eigenvalue weighted by atomic mass is 16.7. The maximum absolute atomic E-state index is 5.42. The summed E-state index contributed by atoms with van der Waals surface area (Å²) in [6, 6.07) is 8.54. The van der Waals surface area contributed by atoms with Crippen LogP contribution in [0.15, 0.2) is 24.3 Å². The van der Waals surface area contributed by atoms with Gasteiger partial charge < -0.3 is 14.8 Å². The molecule has 1 rings (SSSR count). The molecule has 0 aliphatic heterocycles. The minimum atomic E-state index is 0.319. The molecule has 0 radical (unpaired) electrons. The van der Waals surface area contributed by atoms with E-state index in [2.05, 4.69) is 31.3 Å². The molecule has 3 heteroatoms. The van der Waals surface area contributed by atoms with E-state index in [9.17, 15) is 0 Å². The van der Waals surface area contributed by atoms with Gasteiger partial charge in [0.25, 0.3) is 0 Å². The highest BCUT2D eigenvalue weighted by Gasteiger charge is 2.03. The van der Waals surface area contributed by atoms with Gasteiger partial charge in [0.05, 0.1) is 0 Å². The molecule has 0 amide bonds. The van der Waals surface area contributed by atoms with Gasteiger partial charge in [-0.15, -0.1) is 0 Å². The summed E-state index contributed by atoms with van der Waals surface area (Å²) in [5.41, 5.74) is 1.28. The zero-order valence-corrected chi connectivity index (χ0v) is 11.0. The van der Waals surface area contributed by atoms with Gasteiger partial charge in [0.1, 0.15) is 5.75 Å². The second-order valence-corrected chi connectivity index (χ2v) is 4.00. The number of hydrogen-bond donors (Lipinski definition) is 1. The van der Waals surface area contributed by atoms with Crippen molar-refractivity contribution in [1.29, 1.82) is 0 Å². The van der Waals surface area contributed by atoms with Crippen molar-refractivity contribution in [3.05, 3.63) is 29.8 Å². The Morgan fingerprint density at radius 1 is 1.18 bits per heavy atom. The Morgan fingerprint density at radius 2 is 1.88 bits per heavy atom. The Hall–Kier alpha value is -1.06. The minimum absolute atomic E-state index is 0.319. The van der Waals surface area contributed by atoms with Gasteiger partial charge in [-0.05, 0) is 44.5 Å². The molecule has 0 aliphatic carbocycles. The molecule has 1 N–H and O–H groups in total. The van der Waals surface area contributed by atoms with Gasteiger partial charge in [0, 0.05) is 12.6 Å². The van der Waals surface area contributed by atoms with Crippen molar-refractivity contribution in [2.75, 3.05) is 19.9 Å². The first kappa shape index (κ1) is 14.0. The van der Waals surface area contributed by atoms with Crippen LogP contribution in [0, 0.1) is 0 Å². The van der Waals surface area contributed by atoms with E-state index >= 15 is 0 Å². The van der Waals surface area contributed by atoms with Crippen LogP contribution in [-0.2, 0) is 4.74 Å². The van der Waals surface area contributed by atoms with Crippen LogP contribution in [0.1, 0.15) is 38.8 Å². The number of nitrogens with one attached hydrogen (secondary N) is 1. The van der Waals surface area contributed by atoms with Crippen LogP contribution in [-0.4, -0.2) is 19.9 Å². The average Bonchev–Trinajstić information content (AvgIpc) is 2.37. The lowest BCUT2D eigenvalue weighted by atomic mass is 10.1. The summed E-state index contributed by atoms with van der Waals surface area (Å²) >= 11 is 0. The number of ether oxygens (including phenoxy) is 2. The highest BCUT2D eigenvalue weighted by Crippen LogP contribution is 2.17. The first-order valence-corrected chi connectivity index (χ1v) is 6.31. The summed E-state index contributed by atoms with van der Waals surface area (Å²) in [7, 11) is 0. The molecule has 0 bridgehead atoms. The Balaban J connectivity index is 2.43. The van der Waals surface area contributed by atoms with E-state index in [0.717, 1.165) is 18.7 Å². The van der Waals surface area contributed by atoms with Crippen molar-refractivity contribution in [3.63, 3.8) is 0 Å². The number of rotatable bonds is 8. The van der Waals surface area contributed by atoms with Gasteiger partial charge >= 0.3 is 0 Å². The monoisotopic (exact) mass is 237 g/mol. The molecule has 0 aliphatic rings. The largest absolute Gasteiger partial charge is 0.468 e. The predicted octanol–water partition coefficient (Wildman–Crippen LogP) is 3.12. The first-order valence-electron chi connectivity index (χ1n) is 6.31. The maximum atomic E-state index is 5.42. The molecular weight excluding hydrogens is 214 g/mol. The van der Waals surface area contributed by atoms with E-state index in [-0.39, 0.29) is 0 Å². The molecule has 0 saturated carbocycles. The predicted molar refractivity (Wildman–Crippen MR) is 70.3 cm³/mol. The molecule has 3 nitrogen and oxygen atoms in total. The van der Waals surface area contributed by atoms with Crippen molar-refractivity contribution < 1.29 is 9.47 Å². The molecule has 0 aromatic heterocycles. The van der Waals surface area contributed by atoms with E-state index in [0.29, 0.717) is 19.4 Å². The molecule has 1 unspecified atom stereocenters. The molecule has 0 saturated heterocycles. The van der Waals surface area contributed by atoms with Crippen molar-refractivity contribution in [2.24, 2.45) is 0 Å². The normalized spacial score (nSPS) is 12.4. The third-order valence-corrected chi connectivity index (χ3v) is 2.59. The zero-order chi connectivity index (χ0) is 12.5. The van der Waals surface area contributed by atoms with Gasteiger partial charge in [-0.1, -0.05) is 19.1 Å². The van der Waals surface area contributed by atoms with Gasteiger partial charge in [-0.25, -0.2) is 0 Å². The topological polar surface area (TPSA) is 30.5 Å². The molecule has 1 aromatic carbocycles. The molecule has 1 aromatic rings. The quantitative estimate of drug-likeness (QED) is 0.556. The SMILES string of the molecule is CCCNC(C)c1ccc(OCOCC)cc1. The fourth-order valence-electron chi connectivity index (χ4n) is 1.52. The highest BCUT2D eigenvalue weighted by molar-refractivity contribution is 5.28. The number of benzene rings is 1. The van der Waals surface area contributed by atoms with Gasteiger partial charge in [-0.2, -0.15) is 0 Å². The Morgan fingerprint density at radius 3 is 2.47 bits per heavy atom. The van der Waals surface area contributed by atoms with Crippen LogP contribution in [0.3, 0.4) is 0 Å². The third-order valence-electron chi connectivity index (χ3n) is 2.59. The zero-order valence-electron chi connectivity index (χ0n) is 11.0. The fraction of sp³-hybridized carbons (Fsp3) is 0.571. The van der Waals surface area contributed by atoms with Crippen molar-refractivity contribution in [1.82, 2.24) is 5.32 Å². The molecule has 0 fully saturated rings. The summed E-state index contributed by atoms with van der Waals surface area (Å²) in [5.74, 6) is 0.852. The lowest BCUT2D eigenvalue weighted by Crippen LogP contribution is -2.19. The van der Waals surface area contributed by atoms with Crippen LogP contribution < -0.4 is 10.1 Å². The molecule has 0 heterocycles. The van der Waals surface area contributed by atoms with E-state index < -0.39 is 0 Å². The average molecular weight is 237 g/mol. The summed E-state index contributed by atoms with van der Waals surface area (Å²) in [4.78, 5) is 0. The van der Waals surface area contributed by atoms with E-state index in [1.807, 2.05) is 19.1 Å². The summed E-state index contributed by atoms with van der Waals surface area (Å²) in [6.07, 6.45) is 1.15. The molecular formula is C14H23NO2. The van der Waals surface area contributed by atoms with E-state index in [1.165, 1.54) is 5.56 Å². The van der Waals surface area contributed by atoms with Crippen LogP contribution in [0.2, 0.25) is 0 Å². The van der Waals surface area contributed by atoms with Crippen LogP contribution in [0.25, 0.3) is 0 Å². The smallest absolute Gasteiger partial charge is 0.189 e. The Labute approximate surface area is 104 Å². The maximum Gasteiger partial charge on any atom is 0.189 e. The Bertz CT molecular complexity index is 298. The summed E-state index contributed by atoms with van der Waals surface area (Å²) < 4.78 is 10.6. The summed E-state index contributed by atoms with van der Waals surface area (Å²) in [6.45, 7) is 8.34. The molecule has 0 spiro atoms. The fourth-order valence-corrected chi connectivity index (χ4v) is 1.52. The molecule has 17 heavy (non-hydrogen) atoms. The second-order valence-electron chi connectivity index (χ2n) is 4.00. The minimum Gasteiger partial charge on any atom is -0.468 e. The first-order chi connectivity index (χ1) is 8.27. The second kappa shape index (κ2) is 8.09. The lowest BCUT2D eigenvalue weighted by Gasteiger charge is -2.14.